The Labute approximate surface area is 140 Å². The highest BCUT2D eigenvalue weighted by Gasteiger charge is 2.29. The molecule has 3 atom stereocenters. The first kappa shape index (κ1) is 20.2. The van der Waals surface area contributed by atoms with Gasteiger partial charge < -0.3 is 24.8 Å². The number of nitrogens with one attached hydrogen (secondary N) is 1. The minimum absolute atomic E-state index is 0.211. The van der Waals surface area contributed by atoms with Gasteiger partial charge in [-0.15, -0.1) is 0 Å². The van der Waals surface area contributed by atoms with Gasteiger partial charge in [-0.1, -0.05) is 0 Å². The molecule has 1 fully saturated rings. The summed E-state index contributed by atoms with van der Waals surface area (Å²) in [6.45, 7) is 11.6. The van der Waals surface area contributed by atoms with Crippen molar-refractivity contribution >= 4 is 6.09 Å². The number of nitrogens with zero attached hydrogens (tertiary/aromatic N) is 1. The number of carbonyl (C=O) groups is 1. The zero-order chi connectivity index (χ0) is 17.7. The summed E-state index contributed by atoms with van der Waals surface area (Å²) in [5, 5.41) is 13.9. The van der Waals surface area contributed by atoms with Crippen LogP contribution in [0.15, 0.2) is 0 Å². The van der Waals surface area contributed by atoms with Crippen molar-refractivity contribution in [2.75, 3.05) is 33.4 Å². The van der Waals surface area contributed by atoms with Crippen molar-refractivity contribution in [1.29, 1.82) is 0 Å². The van der Waals surface area contributed by atoms with E-state index in [1.54, 1.807) is 14.0 Å². The van der Waals surface area contributed by atoms with Gasteiger partial charge in [0, 0.05) is 26.2 Å². The highest BCUT2D eigenvalue weighted by atomic mass is 16.6. The second-order valence-electron chi connectivity index (χ2n) is 7.98. The lowest BCUT2D eigenvalue weighted by Crippen LogP contribution is -2.51. The molecule has 6 heteroatoms. The topological polar surface area (TPSA) is 71.0 Å². The van der Waals surface area contributed by atoms with E-state index in [0.29, 0.717) is 12.5 Å². The van der Waals surface area contributed by atoms with Gasteiger partial charge in [0.05, 0.1) is 18.8 Å². The first-order valence-corrected chi connectivity index (χ1v) is 8.48. The average molecular weight is 330 g/mol. The largest absolute Gasteiger partial charge is 0.444 e. The van der Waals surface area contributed by atoms with Gasteiger partial charge >= 0.3 is 6.09 Å². The Morgan fingerprint density at radius 2 is 2.09 bits per heavy atom. The summed E-state index contributed by atoms with van der Waals surface area (Å²) in [7, 11) is 1.64. The minimum Gasteiger partial charge on any atom is -0.444 e. The second-order valence-corrected chi connectivity index (χ2v) is 7.98. The van der Waals surface area contributed by atoms with Crippen LogP contribution in [0.4, 0.5) is 4.79 Å². The fraction of sp³-hybridized carbons (Fsp3) is 0.941. The summed E-state index contributed by atoms with van der Waals surface area (Å²) in [4.78, 5) is 13.4. The molecule has 0 aromatic heterocycles. The monoisotopic (exact) mass is 330 g/mol. The SMILES string of the molecule is CC(NCC(C)(O)CN(C)C(=O)OC(C)(C)C)C1CCCOC1. The van der Waals surface area contributed by atoms with Gasteiger partial charge in [-0.05, 0) is 53.4 Å². The van der Waals surface area contributed by atoms with E-state index in [2.05, 4.69) is 12.2 Å². The van der Waals surface area contributed by atoms with Crippen molar-refractivity contribution in [2.24, 2.45) is 5.92 Å². The molecule has 2 N–H and O–H groups in total. The molecule has 0 aromatic carbocycles. The van der Waals surface area contributed by atoms with Crippen LogP contribution in [0, 0.1) is 5.92 Å². The van der Waals surface area contributed by atoms with Crippen molar-refractivity contribution in [3.8, 4) is 0 Å². The van der Waals surface area contributed by atoms with Crippen LogP contribution in [0.25, 0.3) is 0 Å². The third-order valence-electron chi connectivity index (χ3n) is 3.99. The zero-order valence-corrected chi connectivity index (χ0v) is 15.5. The first-order chi connectivity index (χ1) is 10.5. The number of ether oxygens (including phenoxy) is 2. The Hall–Kier alpha value is -0.850. The normalized spacial score (nSPS) is 23.0. The van der Waals surface area contributed by atoms with Gasteiger partial charge in [-0.25, -0.2) is 4.79 Å². The summed E-state index contributed by atoms with van der Waals surface area (Å²) in [6, 6.07) is 0.272. The molecule has 0 bridgehead atoms. The molecule has 1 aliphatic rings. The molecular weight excluding hydrogens is 296 g/mol. The van der Waals surface area contributed by atoms with Gasteiger partial charge in [0.1, 0.15) is 5.60 Å². The standard InChI is InChI=1S/C17H34N2O4/c1-13(14-8-7-9-22-10-14)18-11-17(5,21)12-19(6)15(20)23-16(2,3)4/h13-14,18,21H,7-12H2,1-6H3. The number of rotatable bonds is 6. The molecule has 6 nitrogen and oxygen atoms in total. The molecule has 1 amide bonds. The summed E-state index contributed by atoms with van der Waals surface area (Å²) >= 11 is 0. The second kappa shape index (κ2) is 8.31. The quantitative estimate of drug-likeness (QED) is 0.779. The molecule has 1 saturated heterocycles. The Bertz CT molecular complexity index is 373. The van der Waals surface area contributed by atoms with Crippen LogP contribution < -0.4 is 5.32 Å². The van der Waals surface area contributed by atoms with Crippen LogP contribution in [0.3, 0.4) is 0 Å². The van der Waals surface area contributed by atoms with Gasteiger partial charge in [-0.3, -0.25) is 0 Å². The van der Waals surface area contributed by atoms with Crippen LogP contribution in [-0.4, -0.2) is 66.7 Å². The van der Waals surface area contributed by atoms with Crippen molar-refractivity contribution in [3.63, 3.8) is 0 Å². The third kappa shape index (κ3) is 7.99. The molecule has 0 saturated carbocycles. The van der Waals surface area contributed by atoms with Gasteiger partial charge in [0.25, 0.3) is 0 Å². The fourth-order valence-electron chi connectivity index (χ4n) is 2.68. The number of hydrogen-bond donors (Lipinski definition) is 2. The zero-order valence-electron chi connectivity index (χ0n) is 15.5. The molecule has 1 heterocycles. The van der Waals surface area contributed by atoms with E-state index in [0.717, 1.165) is 26.1 Å². The van der Waals surface area contributed by atoms with Crippen molar-refractivity contribution in [2.45, 2.75) is 64.7 Å². The lowest BCUT2D eigenvalue weighted by Gasteiger charge is -2.34. The predicted molar refractivity (Wildman–Crippen MR) is 90.5 cm³/mol. The smallest absolute Gasteiger partial charge is 0.410 e. The Morgan fingerprint density at radius 1 is 1.43 bits per heavy atom. The molecule has 0 spiro atoms. The Morgan fingerprint density at radius 3 is 2.61 bits per heavy atom. The molecular formula is C17H34N2O4. The lowest BCUT2D eigenvalue weighted by atomic mass is 9.94. The van der Waals surface area contributed by atoms with E-state index in [-0.39, 0.29) is 12.6 Å². The van der Waals surface area contributed by atoms with E-state index in [4.69, 9.17) is 9.47 Å². The van der Waals surface area contributed by atoms with Gasteiger partial charge in [0.2, 0.25) is 0 Å². The highest BCUT2D eigenvalue weighted by Crippen LogP contribution is 2.18. The van der Waals surface area contributed by atoms with Gasteiger partial charge in [-0.2, -0.15) is 0 Å². The highest BCUT2D eigenvalue weighted by molar-refractivity contribution is 5.67. The first-order valence-electron chi connectivity index (χ1n) is 8.48. The minimum atomic E-state index is -1.02. The summed E-state index contributed by atoms with van der Waals surface area (Å²) in [6.07, 6.45) is 1.81. The average Bonchev–Trinajstić information content (AvgIpc) is 2.43. The van der Waals surface area contributed by atoms with Crippen LogP contribution in [-0.2, 0) is 9.47 Å². The van der Waals surface area contributed by atoms with Gasteiger partial charge in [0.15, 0.2) is 0 Å². The number of hydrogen-bond acceptors (Lipinski definition) is 5. The van der Waals surface area contributed by atoms with Crippen LogP contribution in [0.2, 0.25) is 0 Å². The van der Waals surface area contributed by atoms with Crippen molar-refractivity contribution in [3.05, 3.63) is 0 Å². The summed E-state index contributed by atoms with van der Waals surface area (Å²) in [5.41, 5.74) is -1.56. The van der Waals surface area contributed by atoms with Crippen molar-refractivity contribution in [1.82, 2.24) is 10.2 Å². The van der Waals surface area contributed by atoms with Crippen molar-refractivity contribution < 1.29 is 19.4 Å². The number of amides is 1. The molecule has 23 heavy (non-hydrogen) atoms. The number of aliphatic hydroxyl groups is 1. The molecule has 1 rings (SSSR count). The molecule has 0 radical (unpaired) electrons. The molecule has 3 unspecified atom stereocenters. The maximum Gasteiger partial charge on any atom is 0.410 e. The molecule has 136 valence electrons. The summed E-state index contributed by atoms with van der Waals surface area (Å²) < 4.78 is 10.8. The number of carbonyl (C=O) groups excluding carboxylic acids is 1. The Kier molecular flexibility index (Phi) is 7.29. The third-order valence-corrected chi connectivity index (χ3v) is 3.99. The molecule has 0 aliphatic carbocycles. The van der Waals surface area contributed by atoms with Crippen LogP contribution in [0.5, 0.6) is 0 Å². The number of likely N-dealkylation sites (N-methyl/N-ethyl adjacent to an activating group) is 1. The molecule has 0 aromatic rings. The fourth-order valence-corrected chi connectivity index (χ4v) is 2.68. The van der Waals surface area contributed by atoms with E-state index >= 15 is 0 Å². The van der Waals surface area contributed by atoms with E-state index in [1.807, 2.05) is 20.8 Å². The van der Waals surface area contributed by atoms with E-state index in [9.17, 15) is 9.90 Å². The Balaban J connectivity index is 2.40. The summed E-state index contributed by atoms with van der Waals surface area (Å²) in [5.74, 6) is 0.475. The molecule has 1 aliphatic heterocycles. The van der Waals surface area contributed by atoms with Crippen LogP contribution >= 0.6 is 0 Å². The van der Waals surface area contributed by atoms with E-state index < -0.39 is 17.3 Å². The van der Waals surface area contributed by atoms with E-state index in [1.165, 1.54) is 4.90 Å². The van der Waals surface area contributed by atoms with Crippen LogP contribution in [0.1, 0.15) is 47.5 Å². The maximum absolute atomic E-state index is 12.0. The lowest BCUT2D eigenvalue weighted by molar-refractivity contribution is -0.00698. The predicted octanol–water partition coefficient (Wildman–Crippen LogP) is 2.01. The maximum atomic E-state index is 12.0.